The molecule has 3 N–H and O–H groups in total. The number of anilines is 1. The first-order valence-electron chi connectivity index (χ1n) is 10.7. The Hall–Kier alpha value is -3.68. The molecule has 2 rings (SSSR count). The van der Waals surface area contributed by atoms with Gasteiger partial charge >= 0.3 is 5.97 Å². The van der Waals surface area contributed by atoms with Gasteiger partial charge in [-0.05, 0) is 49.1 Å². The quantitative estimate of drug-likeness (QED) is 0.283. The molecule has 0 saturated heterocycles. The summed E-state index contributed by atoms with van der Waals surface area (Å²) in [5, 5.41) is 2.69. The number of hydrogen-bond acceptors (Lipinski definition) is 5. The molecule has 0 aliphatic carbocycles. The standard InChI is InChI=1S/C24H29N3O5/c1-2-21(28)25-20-15-13-19(14-16-20)24(31)27-26-22(29)11-6-12-23(30)32-17-7-10-18-8-4-3-5-9-18/h3-5,8-9,13-16H,2,6-7,10-12,17H2,1H3,(H,25,28)(H,26,29)(H,27,31). The van der Waals surface area contributed by atoms with Crippen molar-refractivity contribution in [1.29, 1.82) is 0 Å². The molecule has 0 spiro atoms. The molecule has 0 aromatic heterocycles. The van der Waals surface area contributed by atoms with Gasteiger partial charge in [0.15, 0.2) is 0 Å². The monoisotopic (exact) mass is 439 g/mol. The zero-order valence-corrected chi connectivity index (χ0v) is 18.2. The Balaban J connectivity index is 1.57. The van der Waals surface area contributed by atoms with Crippen LogP contribution in [0.1, 0.15) is 54.9 Å². The molecule has 0 aliphatic heterocycles. The fourth-order valence-corrected chi connectivity index (χ4v) is 2.79. The van der Waals surface area contributed by atoms with Crippen molar-refractivity contribution < 1.29 is 23.9 Å². The van der Waals surface area contributed by atoms with E-state index in [1.165, 1.54) is 5.56 Å². The van der Waals surface area contributed by atoms with Crippen LogP contribution in [0, 0.1) is 0 Å². The van der Waals surface area contributed by atoms with E-state index in [0.29, 0.717) is 30.7 Å². The number of aryl methyl sites for hydroxylation is 1. The van der Waals surface area contributed by atoms with Crippen molar-refractivity contribution in [2.75, 3.05) is 11.9 Å². The van der Waals surface area contributed by atoms with E-state index >= 15 is 0 Å². The minimum atomic E-state index is -0.482. The van der Waals surface area contributed by atoms with Crippen molar-refractivity contribution in [1.82, 2.24) is 10.9 Å². The third-order valence-electron chi connectivity index (χ3n) is 4.57. The van der Waals surface area contributed by atoms with Gasteiger partial charge in [-0.3, -0.25) is 30.0 Å². The van der Waals surface area contributed by atoms with E-state index in [1.54, 1.807) is 31.2 Å². The third kappa shape index (κ3) is 9.42. The lowest BCUT2D eigenvalue weighted by Gasteiger charge is -2.09. The number of carbonyl (C=O) groups excluding carboxylic acids is 4. The summed E-state index contributed by atoms with van der Waals surface area (Å²) in [6.07, 6.45) is 2.49. The van der Waals surface area contributed by atoms with Crippen LogP contribution in [0.4, 0.5) is 5.69 Å². The van der Waals surface area contributed by atoms with Crippen LogP contribution >= 0.6 is 0 Å². The van der Waals surface area contributed by atoms with E-state index in [9.17, 15) is 19.2 Å². The number of rotatable bonds is 11. The summed E-state index contributed by atoms with van der Waals surface area (Å²) in [6.45, 7) is 2.09. The van der Waals surface area contributed by atoms with Gasteiger partial charge in [-0.1, -0.05) is 37.3 Å². The van der Waals surface area contributed by atoms with Crippen LogP contribution in [0.15, 0.2) is 54.6 Å². The van der Waals surface area contributed by atoms with Crippen LogP contribution in [0.3, 0.4) is 0 Å². The van der Waals surface area contributed by atoms with Crippen molar-refractivity contribution in [3.05, 3.63) is 65.7 Å². The summed E-state index contributed by atoms with van der Waals surface area (Å²) >= 11 is 0. The third-order valence-corrected chi connectivity index (χ3v) is 4.57. The molecule has 0 saturated carbocycles. The number of carbonyl (C=O) groups is 4. The first-order chi connectivity index (χ1) is 15.5. The van der Waals surface area contributed by atoms with E-state index in [-0.39, 0.29) is 24.7 Å². The highest BCUT2D eigenvalue weighted by Gasteiger charge is 2.09. The SMILES string of the molecule is CCC(=O)Nc1ccc(C(=O)NNC(=O)CCCC(=O)OCCCc2ccccc2)cc1. The first kappa shape index (κ1) is 24.6. The smallest absolute Gasteiger partial charge is 0.305 e. The molecule has 0 aliphatic rings. The van der Waals surface area contributed by atoms with Crippen LogP contribution < -0.4 is 16.2 Å². The van der Waals surface area contributed by atoms with Crippen LogP contribution in [-0.4, -0.2) is 30.3 Å². The molecule has 0 unspecified atom stereocenters. The van der Waals surface area contributed by atoms with Gasteiger partial charge in [-0.15, -0.1) is 0 Å². The van der Waals surface area contributed by atoms with E-state index in [2.05, 4.69) is 16.2 Å². The van der Waals surface area contributed by atoms with Crippen LogP contribution in [0.25, 0.3) is 0 Å². The average molecular weight is 440 g/mol. The second-order valence-electron chi connectivity index (χ2n) is 7.14. The molecule has 0 heterocycles. The molecule has 0 radical (unpaired) electrons. The Kier molecular flexibility index (Phi) is 10.4. The van der Waals surface area contributed by atoms with Crippen molar-refractivity contribution in [2.24, 2.45) is 0 Å². The predicted octanol–water partition coefficient (Wildman–Crippen LogP) is 3.14. The van der Waals surface area contributed by atoms with Gasteiger partial charge in [0.1, 0.15) is 0 Å². The maximum absolute atomic E-state index is 12.1. The molecule has 8 nitrogen and oxygen atoms in total. The number of benzene rings is 2. The molecule has 0 bridgehead atoms. The van der Waals surface area contributed by atoms with Crippen molar-refractivity contribution in [2.45, 2.75) is 45.4 Å². The Bertz CT molecular complexity index is 898. The fraction of sp³-hybridized carbons (Fsp3) is 0.333. The summed E-state index contributed by atoms with van der Waals surface area (Å²) in [7, 11) is 0. The van der Waals surface area contributed by atoms with Gasteiger partial charge in [-0.25, -0.2) is 0 Å². The van der Waals surface area contributed by atoms with E-state index < -0.39 is 11.8 Å². The normalized spacial score (nSPS) is 10.2. The van der Waals surface area contributed by atoms with Gasteiger partial charge in [0.25, 0.3) is 5.91 Å². The number of hydrazine groups is 1. The van der Waals surface area contributed by atoms with Crippen LogP contribution in [0.2, 0.25) is 0 Å². The number of ether oxygens (including phenoxy) is 1. The van der Waals surface area contributed by atoms with Crippen molar-refractivity contribution >= 4 is 29.4 Å². The Morgan fingerprint density at radius 1 is 0.812 bits per heavy atom. The largest absolute Gasteiger partial charge is 0.466 e. The highest BCUT2D eigenvalue weighted by Crippen LogP contribution is 2.10. The number of amides is 3. The lowest BCUT2D eigenvalue weighted by atomic mass is 10.1. The maximum Gasteiger partial charge on any atom is 0.305 e. The summed E-state index contributed by atoms with van der Waals surface area (Å²) < 4.78 is 5.18. The first-order valence-corrected chi connectivity index (χ1v) is 10.7. The summed E-state index contributed by atoms with van der Waals surface area (Å²) in [4.78, 5) is 47.1. The van der Waals surface area contributed by atoms with E-state index in [4.69, 9.17) is 4.74 Å². The number of hydrogen-bond donors (Lipinski definition) is 3. The Labute approximate surface area is 187 Å². The highest BCUT2D eigenvalue weighted by molar-refractivity contribution is 5.96. The van der Waals surface area contributed by atoms with Gasteiger partial charge in [-0.2, -0.15) is 0 Å². The molecule has 0 atom stereocenters. The van der Waals surface area contributed by atoms with Gasteiger partial charge in [0, 0.05) is 30.5 Å². The molecule has 8 heteroatoms. The van der Waals surface area contributed by atoms with Gasteiger partial charge in [0.2, 0.25) is 11.8 Å². The van der Waals surface area contributed by atoms with Gasteiger partial charge in [0.05, 0.1) is 6.61 Å². The second kappa shape index (κ2) is 13.6. The predicted molar refractivity (Wildman–Crippen MR) is 121 cm³/mol. The molecule has 2 aromatic rings. The maximum atomic E-state index is 12.1. The van der Waals surface area contributed by atoms with Crippen molar-refractivity contribution in [3.63, 3.8) is 0 Å². The molecule has 3 amide bonds. The lowest BCUT2D eigenvalue weighted by molar-refractivity contribution is -0.143. The highest BCUT2D eigenvalue weighted by atomic mass is 16.5. The summed E-state index contributed by atoms with van der Waals surface area (Å²) in [6, 6.07) is 16.3. The Morgan fingerprint density at radius 2 is 1.53 bits per heavy atom. The van der Waals surface area contributed by atoms with E-state index in [1.807, 2.05) is 30.3 Å². The molecule has 32 heavy (non-hydrogen) atoms. The van der Waals surface area contributed by atoms with Gasteiger partial charge < -0.3 is 10.1 Å². The topological polar surface area (TPSA) is 114 Å². The molecule has 170 valence electrons. The molecular formula is C24H29N3O5. The lowest BCUT2D eigenvalue weighted by Crippen LogP contribution is -2.41. The summed E-state index contributed by atoms with van der Waals surface area (Å²) in [5.74, 6) is -1.35. The zero-order chi connectivity index (χ0) is 23.2. The fourth-order valence-electron chi connectivity index (χ4n) is 2.79. The second-order valence-corrected chi connectivity index (χ2v) is 7.14. The van der Waals surface area contributed by atoms with Crippen LogP contribution in [0.5, 0.6) is 0 Å². The van der Waals surface area contributed by atoms with Crippen LogP contribution in [-0.2, 0) is 25.5 Å². The molecular weight excluding hydrogens is 410 g/mol. The van der Waals surface area contributed by atoms with Crippen molar-refractivity contribution in [3.8, 4) is 0 Å². The number of nitrogens with one attached hydrogen (secondary N) is 3. The summed E-state index contributed by atoms with van der Waals surface area (Å²) in [5.41, 5.74) is 6.76. The minimum Gasteiger partial charge on any atom is -0.466 e. The molecule has 2 aromatic carbocycles. The zero-order valence-electron chi connectivity index (χ0n) is 18.2. The molecule has 0 fully saturated rings. The number of esters is 1. The average Bonchev–Trinajstić information content (AvgIpc) is 2.81. The van der Waals surface area contributed by atoms with E-state index in [0.717, 1.165) is 12.8 Å². The minimum absolute atomic E-state index is 0.0847. The Morgan fingerprint density at radius 3 is 2.22 bits per heavy atom.